The number of carboxylic acid groups (broad SMARTS) is 1. The number of halogens is 1. The number of carbonyl (C=O) groups is 1. The first-order valence-electron chi connectivity index (χ1n) is 3.30. The van der Waals surface area contributed by atoms with Crippen molar-refractivity contribution in [3.63, 3.8) is 0 Å². The van der Waals surface area contributed by atoms with Crippen LogP contribution in [0.25, 0.3) is 0 Å². The molecule has 0 amide bonds. The Bertz CT molecular complexity index is 123. The molecule has 0 rings (SSSR count). The molecule has 0 radical (unpaired) electrons. The summed E-state index contributed by atoms with van der Waals surface area (Å²) in [4.78, 5) is 10.2. The van der Waals surface area contributed by atoms with Gasteiger partial charge in [0, 0.05) is 10.2 Å². The molecule has 11 heavy (non-hydrogen) atoms. The molecule has 0 heterocycles. The molecule has 0 fully saturated rings. The fourth-order valence-electron chi connectivity index (χ4n) is 0.490. The third kappa shape index (κ3) is 6.89. The van der Waals surface area contributed by atoms with E-state index in [4.69, 9.17) is 10.8 Å². The molecule has 0 spiro atoms. The fraction of sp³-hybridized carbons (Fsp3) is 0.833. The quantitative estimate of drug-likeness (QED) is 0.434. The minimum atomic E-state index is -0.903. The molecule has 1 atom stereocenters. The zero-order valence-corrected chi connectivity index (χ0v) is 9.10. The molecular weight excluding hydrogens is 277 g/mol. The van der Waals surface area contributed by atoms with Crippen LogP contribution in [0.15, 0.2) is 0 Å². The topological polar surface area (TPSA) is 63.3 Å². The highest BCUT2D eigenvalue weighted by molar-refractivity contribution is 14.1. The first-order valence-corrected chi connectivity index (χ1v) is 5.98. The Kier molecular flexibility index (Phi) is 7.51. The van der Waals surface area contributed by atoms with Crippen LogP contribution < -0.4 is 5.73 Å². The van der Waals surface area contributed by atoms with Gasteiger partial charge in [0.05, 0.1) is 0 Å². The maximum Gasteiger partial charge on any atom is 0.320 e. The number of alkyl halides is 1. The van der Waals surface area contributed by atoms with Crippen LogP contribution in [0.2, 0.25) is 0 Å². The normalized spacial score (nSPS) is 12.9. The number of nitrogens with two attached hydrogens (primary N) is 1. The molecule has 0 aromatic carbocycles. The maximum absolute atomic E-state index is 10.2. The van der Waals surface area contributed by atoms with Crippen molar-refractivity contribution in [2.45, 2.75) is 12.5 Å². The minimum Gasteiger partial charge on any atom is -0.480 e. The Labute approximate surface area is 84.2 Å². The molecule has 0 aromatic heterocycles. The predicted octanol–water partition coefficient (Wildman–Crippen LogP) is 0.957. The van der Waals surface area contributed by atoms with Crippen LogP contribution in [-0.2, 0) is 4.79 Å². The van der Waals surface area contributed by atoms with Gasteiger partial charge in [-0.3, -0.25) is 4.79 Å². The maximum atomic E-state index is 10.2. The molecule has 0 aliphatic carbocycles. The van der Waals surface area contributed by atoms with Crippen molar-refractivity contribution in [1.82, 2.24) is 0 Å². The van der Waals surface area contributed by atoms with Crippen molar-refractivity contribution in [2.75, 3.05) is 15.9 Å². The van der Waals surface area contributed by atoms with Crippen molar-refractivity contribution in [3.05, 3.63) is 0 Å². The number of hydrogen-bond acceptors (Lipinski definition) is 3. The molecule has 3 N–H and O–H groups in total. The summed E-state index contributed by atoms with van der Waals surface area (Å²) in [6.07, 6.45) is 0.566. The van der Waals surface area contributed by atoms with E-state index in [2.05, 4.69) is 22.6 Å². The molecule has 0 aliphatic rings. The van der Waals surface area contributed by atoms with E-state index >= 15 is 0 Å². The monoisotopic (exact) mass is 289 g/mol. The summed E-state index contributed by atoms with van der Waals surface area (Å²) >= 11 is 4.04. The highest BCUT2D eigenvalue weighted by Crippen LogP contribution is 2.05. The van der Waals surface area contributed by atoms with Crippen LogP contribution in [0, 0.1) is 0 Å². The Balaban J connectivity index is 3.17. The number of aliphatic carboxylic acids is 1. The zero-order chi connectivity index (χ0) is 8.69. The van der Waals surface area contributed by atoms with Crippen molar-refractivity contribution in [1.29, 1.82) is 0 Å². The van der Waals surface area contributed by atoms with E-state index in [1.807, 2.05) is 0 Å². The second-order valence-electron chi connectivity index (χ2n) is 2.03. The largest absolute Gasteiger partial charge is 0.480 e. The van der Waals surface area contributed by atoms with Crippen molar-refractivity contribution >= 4 is 40.3 Å². The lowest BCUT2D eigenvalue weighted by Crippen LogP contribution is -2.30. The summed E-state index contributed by atoms with van der Waals surface area (Å²) in [5, 5.41) is 8.40. The van der Waals surface area contributed by atoms with E-state index in [0.717, 1.165) is 15.9 Å². The molecule has 66 valence electrons. The average molecular weight is 289 g/mol. The summed E-state index contributed by atoms with van der Waals surface area (Å²) in [7, 11) is 0. The summed E-state index contributed by atoms with van der Waals surface area (Å²) in [5.74, 6) is 1.02. The van der Waals surface area contributed by atoms with E-state index in [1.54, 1.807) is 11.8 Å². The van der Waals surface area contributed by atoms with Gasteiger partial charge in [0.2, 0.25) is 0 Å². The van der Waals surface area contributed by atoms with Crippen LogP contribution in [0.5, 0.6) is 0 Å². The van der Waals surface area contributed by atoms with E-state index in [1.165, 1.54) is 0 Å². The van der Waals surface area contributed by atoms with Crippen LogP contribution in [0.3, 0.4) is 0 Å². The van der Waals surface area contributed by atoms with Gasteiger partial charge in [-0.15, -0.1) is 0 Å². The Morgan fingerprint density at radius 1 is 1.64 bits per heavy atom. The SMILES string of the molecule is N[C@@H](CCSCCI)C(=O)O. The molecule has 0 aromatic rings. The van der Waals surface area contributed by atoms with Crippen molar-refractivity contribution in [3.8, 4) is 0 Å². The Hall–Kier alpha value is 0.510. The van der Waals surface area contributed by atoms with Gasteiger partial charge in [0.1, 0.15) is 6.04 Å². The summed E-state index contributed by atoms with van der Waals surface area (Å²) in [5.41, 5.74) is 5.28. The molecule has 0 aliphatic heterocycles. The van der Waals surface area contributed by atoms with Gasteiger partial charge >= 0.3 is 5.97 Å². The second kappa shape index (κ2) is 7.17. The van der Waals surface area contributed by atoms with E-state index in [9.17, 15) is 4.79 Å². The van der Waals surface area contributed by atoms with Gasteiger partial charge in [-0.25, -0.2) is 0 Å². The van der Waals surface area contributed by atoms with Gasteiger partial charge in [-0.2, -0.15) is 11.8 Å². The number of thioether (sulfide) groups is 1. The van der Waals surface area contributed by atoms with Crippen LogP contribution >= 0.6 is 34.4 Å². The standard InChI is InChI=1S/C6H12INO2S/c7-2-4-11-3-1-5(8)6(9)10/h5H,1-4,8H2,(H,9,10)/t5-/m0/s1. The van der Waals surface area contributed by atoms with Crippen LogP contribution in [0.4, 0.5) is 0 Å². The van der Waals surface area contributed by atoms with Crippen LogP contribution in [-0.4, -0.2) is 33.1 Å². The van der Waals surface area contributed by atoms with Crippen molar-refractivity contribution in [2.24, 2.45) is 5.73 Å². The van der Waals surface area contributed by atoms with E-state index in [0.29, 0.717) is 6.42 Å². The lowest BCUT2D eigenvalue weighted by atomic mass is 10.2. The smallest absolute Gasteiger partial charge is 0.320 e. The Morgan fingerprint density at radius 2 is 2.27 bits per heavy atom. The van der Waals surface area contributed by atoms with Gasteiger partial charge in [0.15, 0.2) is 0 Å². The molecule has 0 saturated carbocycles. The highest BCUT2D eigenvalue weighted by atomic mass is 127. The number of carboxylic acids is 1. The number of hydrogen-bond donors (Lipinski definition) is 2. The Morgan fingerprint density at radius 3 is 2.73 bits per heavy atom. The third-order valence-electron chi connectivity index (χ3n) is 1.11. The molecule has 3 nitrogen and oxygen atoms in total. The number of rotatable bonds is 6. The average Bonchev–Trinajstić information content (AvgIpc) is 1.97. The lowest BCUT2D eigenvalue weighted by Gasteiger charge is -2.04. The first-order chi connectivity index (χ1) is 5.18. The molecule has 0 bridgehead atoms. The predicted molar refractivity (Wildman–Crippen MR) is 56.4 cm³/mol. The zero-order valence-electron chi connectivity index (χ0n) is 6.12. The van der Waals surface area contributed by atoms with Crippen LogP contribution in [0.1, 0.15) is 6.42 Å². The van der Waals surface area contributed by atoms with Gasteiger partial charge in [-0.05, 0) is 12.2 Å². The summed E-state index contributed by atoms with van der Waals surface area (Å²) < 4.78 is 1.10. The fourth-order valence-corrected chi connectivity index (χ4v) is 2.16. The third-order valence-corrected chi connectivity index (χ3v) is 3.40. The molecular formula is C6H12INO2S. The second-order valence-corrected chi connectivity index (χ2v) is 4.34. The molecule has 0 saturated heterocycles. The summed E-state index contributed by atoms with van der Waals surface area (Å²) in [6, 6.07) is -0.684. The van der Waals surface area contributed by atoms with Gasteiger partial charge < -0.3 is 10.8 Å². The summed E-state index contributed by atoms with van der Waals surface area (Å²) in [6.45, 7) is 0. The minimum absolute atomic E-state index is 0.566. The molecule has 0 unspecified atom stereocenters. The lowest BCUT2D eigenvalue weighted by molar-refractivity contribution is -0.138. The highest BCUT2D eigenvalue weighted by Gasteiger charge is 2.09. The van der Waals surface area contributed by atoms with Gasteiger partial charge in [0.25, 0.3) is 0 Å². The first kappa shape index (κ1) is 11.5. The van der Waals surface area contributed by atoms with E-state index in [-0.39, 0.29) is 0 Å². The molecule has 5 heteroatoms. The van der Waals surface area contributed by atoms with Gasteiger partial charge in [-0.1, -0.05) is 22.6 Å². The van der Waals surface area contributed by atoms with Crippen molar-refractivity contribution < 1.29 is 9.90 Å². The van der Waals surface area contributed by atoms with E-state index < -0.39 is 12.0 Å².